The van der Waals surface area contributed by atoms with E-state index in [9.17, 15) is 4.79 Å². The highest BCUT2D eigenvalue weighted by Crippen LogP contribution is 2.17. The highest BCUT2D eigenvalue weighted by molar-refractivity contribution is 6.31. The molecule has 1 N–H and O–H groups in total. The molecule has 1 saturated heterocycles. The Labute approximate surface area is 147 Å². The molecule has 5 nitrogen and oxygen atoms in total. The van der Waals surface area contributed by atoms with Gasteiger partial charge in [0.05, 0.1) is 0 Å². The zero-order valence-electron chi connectivity index (χ0n) is 13.5. The van der Waals surface area contributed by atoms with Gasteiger partial charge in [0.15, 0.2) is 0 Å². The molecule has 0 atom stereocenters. The molecule has 126 valence electrons. The number of aromatic nitrogens is 1. The van der Waals surface area contributed by atoms with E-state index in [2.05, 4.69) is 21.3 Å². The summed E-state index contributed by atoms with van der Waals surface area (Å²) in [6.45, 7) is 4.49. The van der Waals surface area contributed by atoms with Crippen LogP contribution in [0.5, 0.6) is 0 Å². The number of urea groups is 1. The predicted molar refractivity (Wildman–Crippen MR) is 94.8 cm³/mol. The Morgan fingerprint density at radius 2 is 1.92 bits per heavy atom. The molecule has 0 saturated carbocycles. The van der Waals surface area contributed by atoms with Crippen molar-refractivity contribution in [3.63, 3.8) is 0 Å². The average molecular weight is 345 g/mol. The van der Waals surface area contributed by atoms with Gasteiger partial charge in [0.2, 0.25) is 0 Å². The van der Waals surface area contributed by atoms with E-state index in [1.54, 1.807) is 12.4 Å². The van der Waals surface area contributed by atoms with E-state index < -0.39 is 0 Å². The van der Waals surface area contributed by atoms with Crippen molar-refractivity contribution < 1.29 is 4.79 Å². The first-order chi connectivity index (χ1) is 11.7. The van der Waals surface area contributed by atoms with Crippen molar-refractivity contribution in [1.29, 1.82) is 0 Å². The van der Waals surface area contributed by atoms with Gasteiger partial charge in [-0.25, -0.2) is 4.79 Å². The Hall–Kier alpha value is -2.11. The lowest BCUT2D eigenvalue weighted by Crippen LogP contribution is -2.51. The van der Waals surface area contributed by atoms with Crippen molar-refractivity contribution in [2.45, 2.75) is 13.1 Å². The van der Waals surface area contributed by atoms with Crippen LogP contribution in [0.3, 0.4) is 0 Å². The van der Waals surface area contributed by atoms with Crippen LogP contribution in [0.2, 0.25) is 5.02 Å². The summed E-state index contributed by atoms with van der Waals surface area (Å²) in [6, 6.07) is 11.7. The smallest absolute Gasteiger partial charge is 0.317 e. The number of piperazine rings is 1. The number of nitrogens with zero attached hydrogens (tertiary/aromatic N) is 3. The second-order valence-corrected chi connectivity index (χ2v) is 6.28. The normalized spacial score (nSPS) is 15.3. The molecule has 6 heteroatoms. The zero-order valence-corrected chi connectivity index (χ0v) is 14.2. The van der Waals surface area contributed by atoms with Gasteiger partial charge in [-0.2, -0.15) is 0 Å². The molecule has 1 aliphatic heterocycles. The summed E-state index contributed by atoms with van der Waals surface area (Å²) in [4.78, 5) is 20.5. The van der Waals surface area contributed by atoms with Gasteiger partial charge in [-0.15, -0.1) is 0 Å². The first-order valence-corrected chi connectivity index (χ1v) is 8.47. The van der Waals surface area contributed by atoms with Crippen LogP contribution in [0.25, 0.3) is 0 Å². The third kappa shape index (κ3) is 4.46. The molecule has 0 aliphatic carbocycles. The molecule has 0 unspecified atom stereocenters. The van der Waals surface area contributed by atoms with Crippen LogP contribution < -0.4 is 5.32 Å². The minimum Gasteiger partial charge on any atom is -0.334 e. The summed E-state index contributed by atoms with van der Waals surface area (Å²) in [5, 5.41) is 3.75. The van der Waals surface area contributed by atoms with Crippen LogP contribution in [-0.2, 0) is 13.1 Å². The van der Waals surface area contributed by atoms with Crippen LogP contribution >= 0.6 is 11.6 Å². The molecule has 3 rings (SSSR count). The standard InChI is InChI=1S/C18H21ClN4O/c19-17-6-2-1-5-16(17)14-22-8-10-23(11-9-22)18(24)21-13-15-4-3-7-20-12-15/h1-7,12H,8-11,13-14H2,(H,21,24). The van der Waals surface area contributed by atoms with Crippen molar-refractivity contribution >= 4 is 17.6 Å². The summed E-state index contributed by atoms with van der Waals surface area (Å²) in [7, 11) is 0. The minimum absolute atomic E-state index is 0.0174. The first-order valence-electron chi connectivity index (χ1n) is 8.10. The fourth-order valence-corrected chi connectivity index (χ4v) is 2.96. The van der Waals surface area contributed by atoms with E-state index in [1.807, 2.05) is 35.2 Å². The first kappa shape index (κ1) is 16.7. The third-order valence-electron chi connectivity index (χ3n) is 4.18. The van der Waals surface area contributed by atoms with Crippen molar-refractivity contribution in [1.82, 2.24) is 20.1 Å². The van der Waals surface area contributed by atoms with Crippen LogP contribution in [0.4, 0.5) is 4.79 Å². The topological polar surface area (TPSA) is 48.5 Å². The number of benzene rings is 1. The van der Waals surface area contributed by atoms with E-state index in [-0.39, 0.29) is 6.03 Å². The van der Waals surface area contributed by atoms with Crippen LogP contribution in [-0.4, -0.2) is 47.0 Å². The number of halogens is 1. The maximum absolute atomic E-state index is 12.2. The van der Waals surface area contributed by atoms with Gasteiger partial charge in [-0.05, 0) is 23.3 Å². The molecule has 1 aromatic heterocycles. The summed E-state index contributed by atoms with van der Waals surface area (Å²) in [5.41, 5.74) is 2.14. The second-order valence-electron chi connectivity index (χ2n) is 5.87. The summed E-state index contributed by atoms with van der Waals surface area (Å²) in [5.74, 6) is 0. The Morgan fingerprint density at radius 1 is 1.12 bits per heavy atom. The quantitative estimate of drug-likeness (QED) is 0.927. The van der Waals surface area contributed by atoms with Crippen molar-refractivity contribution in [2.75, 3.05) is 26.2 Å². The van der Waals surface area contributed by atoms with E-state index in [4.69, 9.17) is 11.6 Å². The fraction of sp³-hybridized carbons (Fsp3) is 0.333. The van der Waals surface area contributed by atoms with Gasteiger partial charge in [-0.1, -0.05) is 35.9 Å². The Bertz CT molecular complexity index is 672. The number of hydrogen-bond acceptors (Lipinski definition) is 3. The minimum atomic E-state index is -0.0174. The molecule has 2 aromatic rings. The van der Waals surface area contributed by atoms with Crippen molar-refractivity contribution in [3.8, 4) is 0 Å². The maximum atomic E-state index is 12.2. The fourth-order valence-electron chi connectivity index (χ4n) is 2.77. The lowest BCUT2D eigenvalue weighted by atomic mass is 10.2. The molecule has 2 heterocycles. The summed E-state index contributed by atoms with van der Waals surface area (Å²) < 4.78 is 0. The van der Waals surface area contributed by atoms with Gasteiger partial charge in [0, 0.05) is 56.7 Å². The Balaban J connectivity index is 1.44. The molecular formula is C18H21ClN4O. The van der Waals surface area contributed by atoms with Crippen molar-refractivity contribution in [3.05, 3.63) is 64.9 Å². The number of amides is 2. The molecular weight excluding hydrogens is 324 g/mol. The lowest BCUT2D eigenvalue weighted by Gasteiger charge is -2.34. The number of carbonyl (C=O) groups excluding carboxylic acids is 1. The number of nitrogens with one attached hydrogen (secondary N) is 1. The van der Waals surface area contributed by atoms with E-state index in [0.29, 0.717) is 6.54 Å². The van der Waals surface area contributed by atoms with Crippen LogP contribution in [0.1, 0.15) is 11.1 Å². The molecule has 0 radical (unpaired) electrons. The maximum Gasteiger partial charge on any atom is 0.317 e. The van der Waals surface area contributed by atoms with Crippen molar-refractivity contribution in [2.24, 2.45) is 0 Å². The predicted octanol–water partition coefficient (Wildman–Crippen LogP) is 2.76. The summed E-state index contributed by atoms with van der Waals surface area (Å²) in [6.07, 6.45) is 3.49. The van der Waals surface area contributed by atoms with E-state index >= 15 is 0 Å². The Kier molecular flexibility index (Phi) is 5.67. The van der Waals surface area contributed by atoms with Crippen LogP contribution in [0.15, 0.2) is 48.8 Å². The van der Waals surface area contributed by atoms with Gasteiger partial charge < -0.3 is 10.2 Å². The Morgan fingerprint density at radius 3 is 2.62 bits per heavy atom. The van der Waals surface area contributed by atoms with Gasteiger partial charge in [0.25, 0.3) is 0 Å². The number of rotatable bonds is 4. The molecule has 1 aromatic carbocycles. The number of pyridine rings is 1. The molecule has 1 fully saturated rings. The summed E-state index contributed by atoms with van der Waals surface area (Å²) >= 11 is 6.22. The van der Waals surface area contributed by atoms with Gasteiger partial charge >= 0.3 is 6.03 Å². The largest absolute Gasteiger partial charge is 0.334 e. The number of hydrogen-bond donors (Lipinski definition) is 1. The second kappa shape index (κ2) is 8.13. The average Bonchev–Trinajstić information content (AvgIpc) is 2.63. The molecule has 24 heavy (non-hydrogen) atoms. The highest BCUT2D eigenvalue weighted by Gasteiger charge is 2.21. The highest BCUT2D eigenvalue weighted by atomic mass is 35.5. The van der Waals surface area contributed by atoms with Crippen LogP contribution in [0, 0.1) is 0 Å². The van der Waals surface area contributed by atoms with Gasteiger partial charge in [-0.3, -0.25) is 9.88 Å². The van der Waals surface area contributed by atoms with E-state index in [0.717, 1.165) is 48.9 Å². The molecule has 2 amide bonds. The lowest BCUT2D eigenvalue weighted by molar-refractivity contribution is 0.135. The third-order valence-corrected chi connectivity index (χ3v) is 4.55. The molecule has 0 bridgehead atoms. The monoisotopic (exact) mass is 344 g/mol. The molecule has 1 aliphatic rings. The van der Waals surface area contributed by atoms with E-state index in [1.165, 1.54) is 0 Å². The SMILES string of the molecule is O=C(NCc1cccnc1)N1CCN(Cc2ccccc2Cl)CC1. The van der Waals surface area contributed by atoms with Gasteiger partial charge in [0.1, 0.15) is 0 Å². The molecule has 0 spiro atoms. The zero-order chi connectivity index (χ0) is 16.8. The number of carbonyl (C=O) groups is 1.